The van der Waals surface area contributed by atoms with Gasteiger partial charge < -0.3 is 0 Å². The molecule has 0 aliphatic rings. The number of rotatable bonds is 2. The average Bonchev–Trinajstić information content (AvgIpc) is 2.05. The summed E-state index contributed by atoms with van der Waals surface area (Å²) in [5.74, 6) is 0. The van der Waals surface area contributed by atoms with Crippen LogP contribution in [0.4, 0.5) is 0 Å². The van der Waals surface area contributed by atoms with E-state index in [9.17, 15) is 9.59 Å². The van der Waals surface area contributed by atoms with E-state index in [4.69, 9.17) is 0 Å². The topological polar surface area (TPSA) is 34.1 Å². The number of benzene rings is 1. The summed E-state index contributed by atoms with van der Waals surface area (Å²) < 4.78 is -0.0497. The lowest BCUT2D eigenvalue weighted by atomic mass is 10.2. The highest BCUT2D eigenvalue weighted by atomic mass is 127. The van der Waals surface area contributed by atoms with Gasteiger partial charge in [0.15, 0.2) is 0 Å². The molecule has 0 saturated heterocycles. The van der Waals surface area contributed by atoms with E-state index in [1.807, 2.05) is 0 Å². The molecule has 1 aromatic carbocycles. The van der Waals surface area contributed by atoms with Crippen molar-refractivity contribution in [2.24, 2.45) is 0 Å². The van der Waals surface area contributed by atoms with Crippen molar-refractivity contribution < 1.29 is 9.59 Å². The Kier molecular flexibility index (Phi) is 2.76. The first-order valence-electron chi connectivity index (χ1n) is 2.99. The molecule has 0 fully saturated rings. The van der Waals surface area contributed by atoms with Crippen LogP contribution >= 0.6 is 22.6 Å². The Morgan fingerprint density at radius 2 is 2.18 bits per heavy atom. The van der Waals surface area contributed by atoms with Crippen molar-refractivity contribution in [3.63, 3.8) is 0 Å². The van der Waals surface area contributed by atoms with Gasteiger partial charge in [-0.3, -0.25) is 9.59 Å². The van der Waals surface area contributed by atoms with E-state index in [2.05, 4.69) is 0 Å². The van der Waals surface area contributed by atoms with Crippen LogP contribution in [0.2, 0.25) is 0 Å². The fourth-order valence-electron chi connectivity index (χ4n) is 0.734. The molecule has 0 aliphatic carbocycles. The molecule has 11 heavy (non-hydrogen) atoms. The van der Waals surface area contributed by atoms with Crippen molar-refractivity contribution in [3.8, 4) is 0 Å². The van der Waals surface area contributed by atoms with E-state index in [-0.39, 0.29) is 3.79 Å². The molecule has 0 aromatic heterocycles. The van der Waals surface area contributed by atoms with Gasteiger partial charge in [-0.1, -0.05) is 18.2 Å². The second-order valence-corrected chi connectivity index (χ2v) is 3.00. The van der Waals surface area contributed by atoms with Gasteiger partial charge in [-0.2, -0.15) is 0 Å². The van der Waals surface area contributed by atoms with E-state index in [1.165, 1.54) is 0 Å². The predicted octanol–water partition coefficient (Wildman–Crippen LogP) is 2.07. The van der Waals surface area contributed by atoms with E-state index in [0.29, 0.717) is 11.1 Å². The fraction of sp³-hybridized carbons (Fsp3) is 0. The molecule has 3 heteroatoms. The molecule has 0 N–H and O–H groups in total. The molecule has 0 saturated carbocycles. The molecule has 2 nitrogen and oxygen atoms in total. The SMILES string of the molecule is O=Cc1cccc(C(=O)I)c1. The summed E-state index contributed by atoms with van der Waals surface area (Å²) in [4.78, 5) is 21.1. The maximum Gasteiger partial charge on any atom is 0.222 e. The van der Waals surface area contributed by atoms with Crippen LogP contribution in [0.5, 0.6) is 0 Å². The largest absolute Gasteiger partial charge is 0.298 e. The first kappa shape index (κ1) is 8.39. The average molecular weight is 260 g/mol. The van der Waals surface area contributed by atoms with Gasteiger partial charge in [-0.05, 0) is 6.07 Å². The number of aldehydes is 1. The van der Waals surface area contributed by atoms with Gasteiger partial charge in [0.25, 0.3) is 0 Å². The van der Waals surface area contributed by atoms with Gasteiger partial charge in [0.1, 0.15) is 6.29 Å². The van der Waals surface area contributed by atoms with Crippen molar-refractivity contribution in [1.82, 2.24) is 0 Å². The molecule has 0 heterocycles. The zero-order valence-electron chi connectivity index (χ0n) is 5.58. The minimum Gasteiger partial charge on any atom is -0.298 e. The highest BCUT2D eigenvalue weighted by Gasteiger charge is 1.99. The molecule has 1 rings (SSSR count). The third-order valence-corrected chi connectivity index (χ3v) is 1.87. The summed E-state index contributed by atoms with van der Waals surface area (Å²) in [6, 6.07) is 6.61. The van der Waals surface area contributed by atoms with E-state index in [1.54, 1.807) is 46.9 Å². The second-order valence-electron chi connectivity index (χ2n) is 2.02. The number of halogens is 1. The monoisotopic (exact) mass is 260 g/mol. The summed E-state index contributed by atoms with van der Waals surface area (Å²) in [5.41, 5.74) is 1.10. The Morgan fingerprint density at radius 1 is 1.45 bits per heavy atom. The maximum atomic E-state index is 10.8. The van der Waals surface area contributed by atoms with Crippen molar-refractivity contribution in [2.45, 2.75) is 0 Å². The number of hydrogen-bond donors (Lipinski definition) is 0. The van der Waals surface area contributed by atoms with Crippen LogP contribution in [0.15, 0.2) is 24.3 Å². The molecule has 0 aliphatic heterocycles. The third-order valence-electron chi connectivity index (χ3n) is 1.25. The van der Waals surface area contributed by atoms with E-state index < -0.39 is 0 Å². The predicted molar refractivity (Wildman–Crippen MR) is 50.2 cm³/mol. The summed E-state index contributed by atoms with van der Waals surface area (Å²) in [6.45, 7) is 0. The van der Waals surface area contributed by atoms with E-state index in [0.717, 1.165) is 6.29 Å². The van der Waals surface area contributed by atoms with Gasteiger partial charge in [0, 0.05) is 33.7 Å². The van der Waals surface area contributed by atoms with Crippen molar-refractivity contribution in [2.75, 3.05) is 0 Å². The number of hydrogen-bond acceptors (Lipinski definition) is 2. The van der Waals surface area contributed by atoms with Crippen LogP contribution in [0.25, 0.3) is 0 Å². The van der Waals surface area contributed by atoms with Crippen molar-refractivity contribution >= 4 is 32.7 Å². The lowest BCUT2D eigenvalue weighted by Gasteiger charge is -1.93. The van der Waals surface area contributed by atoms with Crippen molar-refractivity contribution in [1.29, 1.82) is 0 Å². The molecule has 0 spiro atoms. The number of carbonyl (C=O) groups excluding carboxylic acids is 2. The normalized spacial score (nSPS) is 9.18. The fourth-order valence-corrected chi connectivity index (χ4v) is 1.07. The molecule has 1 aromatic rings. The smallest absolute Gasteiger partial charge is 0.222 e. The van der Waals surface area contributed by atoms with Gasteiger partial charge in [-0.25, -0.2) is 0 Å². The van der Waals surface area contributed by atoms with Crippen molar-refractivity contribution in [3.05, 3.63) is 35.4 Å². The Labute approximate surface area is 77.7 Å². The summed E-state index contributed by atoms with van der Waals surface area (Å²) in [5, 5.41) is 0. The zero-order valence-corrected chi connectivity index (χ0v) is 7.74. The van der Waals surface area contributed by atoms with Gasteiger partial charge >= 0.3 is 0 Å². The summed E-state index contributed by atoms with van der Waals surface area (Å²) in [7, 11) is 0. The van der Waals surface area contributed by atoms with Crippen LogP contribution in [0, 0.1) is 0 Å². The first-order chi connectivity index (χ1) is 5.24. The van der Waals surface area contributed by atoms with Crippen LogP contribution in [0.3, 0.4) is 0 Å². The Balaban J connectivity index is 3.10. The van der Waals surface area contributed by atoms with Gasteiger partial charge in [0.2, 0.25) is 3.79 Å². The van der Waals surface area contributed by atoms with Crippen LogP contribution in [-0.2, 0) is 0 Å². The quantitative estimate of drug-likeness (QED) is 0.463. The lowest BCUT2D eigenvalue weighted by molar-refractivity contribution is 0.110. The highest BCUT2D eigenvalue weighted by molar-refractivity contribution is 14.1. The van der Waals surface area contributed by atoms with Crippen LogP contribution < -0.4 is 0 Å². The molecule has 0 radical (unpaired) electrons. The minimum atomic E-state index is -0.0497. The Hall–Kier alpha value is -0.710. The first-order valence-corrected chi connectivity index (χ1v) is 4.07. The highest BCUT2D eigenvalue weighted by Crippen LogP contribution is 2.07. The standard InChI is InChI=1S/C8H5IO2/c9-8(11)7-3-1-2-6(4-7)5-10/h1-5H. The second kappa shape index (κ2) is 3.61. The molecule has 0 bridgehead atoms. The van der Waals surface area contributed by atoms with Gasteiger partial charge in [0.05, 0.1) is 0 Å². The number of carbonyl (C=O) groups is 2. The van der Waals surface area contributed by atoms with E-state index >= 15 is 0 Å². The molecular formula is C8H5IO2. The Bertz CT molecular complexity index is 294. The third kappa shape index (κ3) is 2.11. The summed E-state index contributed by atoms with van der Waals surface area (Å²) in [6.07, 6.45) is 0.725. The molecule has 0 atom stereocenters. The van der Waals surface area contributed by atoms with Gasteiger partial charge in [-0.15, -0.1) is 0 Å². The zero-order chi connectivity index (χ0) is 8.27. The van der Waals surface area contributed by atoms with Crippen LogP contribution in [-0.4, -0.2) is 10.1 Å². The summed E-state index contributed by atoms with van der Waals surface area (Å²) >= 11 is 1.69. The van der Waals surface area contributed by atoms with Crippen LogP contribution in [0.1, 0.15) is 20.7 Å². The Morgan fingerprint density at radius 3 is 2.73 bits per heavy atom. The molecular weight excluding hydrogens is 255 g/mol. The minimum absolute atomic E-state index is 0.0497. The molecule has 0 amide bonds. The lowest BCUT2D eigenvalue weighted by Crippen LogP contribution is -1.89. The maximum absolute atomic E-state index is 10.8. The molecule has 0 unspecified atom stereocenters. The molecule has 56 valence electrons.